The first-order valence-electron chi connectivity index (χ1n) is 19.9. The number of likely N-dealkylation sites (tertiary alicyclic amines) is 1. The van der Waals surface area contributed by atoms with Crippen molar-refractivity contribution >= 4 is 58.7 Å². The summed E-state index contributed by atoms with van der Waals surface area (Å²) in [5.74, 6) is -0.393. The molecule has 4 fully saturated rings. The van der Waals surface area contributed by atoms with Crippen molar-refractivity contribution in [3.8, 4) is 22.9 Å². The third kappa shape index (κ3) is 8.68. The van der Waals surface area contributed by atoms with Gasteiger partial charge in [-0.3, -0.25) is 14.4 Å². The number of carbonyl (C=O) groups excluding carboxylic acids is 5. The number of nitrogens with one attached hydrogen (secondary N) is 3. The van der Waals surface area contributed by atoms with Gasteiger partial charge in [0.1, 0.15) is 64.9 Å². The van der Waals surface area contributed by atoms with E-state index in [1.165, 1.54) is 18.3 Å². The highest BCUT2D eigenvalue weighted by molar-refractivity contribution is 6.36. The lowest BCUT2D eigenvalue weighted by Gasteiger charge is -2.35. The number of oxazole rings is 1. The summed E-state index contributed by atoms with van der Waals surface area (Å²) >= 11 is 6.83. The molecule has 0 radical (unpaired) electrons. The number of aldehydes is 1. The van der Waals surface area contributed by atoms with Crippen molar-refractivity contribution in [2.24, 2.45) is 23.2 Å². The van der Waals surface area contributed by atoms with Crippen LogP contribution >= 0.6 is 11.6 Å². The molecule has 16 nitrogen and oxygen atoms in total. The summed E-state index contributed by atoms with van der Waals surface area (Å²) in [6.07, 6.45) is 5.02. The Hall–Kier alpha value is -5.38. The lowest BCUT2D eigenvalue weighted by Crippen LogP contribution is -2.59. The maximum Gasteiger partial charge on any atom is 0.408 e. The van der Waals surface area contributed by atoms with E-state index in [0.29, 0.717) is 40.6 Å². The first-order chi connectivity index (χ1) is 28.0. The molecule has 3 aromatic rings. The smallest absolute Gasteiger partial charge is 0.408 e. The fourth-order valence-corrected chi connectivity index (χ4v) is 8.55. The number of aromatic nitrogens is 2. The largest absolute Gasteiger partial charge is 0.488 e. The number of ether oxygens (including phenoxy) is 4. The van der Waals surface area contributed by atoms with E-state index in [-0.39, 0.29) is 66.4 Å². The zero-order chi connectivity index (χ0) is 42.4. The Morgan fingerprint density at radius 3 is 2.46 bits per heavy atom. The standard InChI is InChI=1S/C42H51ClN6O10/c1-8-24-18-42(24,38(53)55-7)48-36(51)30-16-26(19-49(30)37(52)35(41(4,5)6)47-40(54)59-25-14-22-13-23(22)15-25)58-32-17-28(29-20-57-39(46-29)44-21(2)3)45-34-27(32)9-10-31(33(34)43)56-12-11-50/h8-11,17,20-26,30,35H,1,12-16,18-19H2,2-7H3,(H,44,46)(H,47,54)(H,48,51)/t22-,23+,24-,25+,26-,30+,35-,42?/m1/s1. The molecule has 7 rings (SSSR count). The van der Waals surface area contributed by atoms with E-state index < -0.39 is 53.0 Å². The number of nitrogens with zero attached hydrogens (tertiary/aromatic N) is 3. The number of carbonyl (C=O) groups is 5. The summed E-state index contributed by atoms with van der Waals surface area (Å²) < 4.78 is 28.7. The predicted octanol–water partition coefficient (Wildman–Crippen LogP) is 5.46. The second-order valence-electron chi connectivity index (χ2n) is 17.3. The third-order valence-corrected chi connectivity index (χ3v) is 11.9. The summed E-state index contributed by atoms with van der Waals surface area (Å²) in [5.41, 5.74) is -1.15. The van der Waals surface area contributed by atoms with E-state index in [1.54, 1.807) is 24.3 Å². The molecule has 3 saturated carbocycles. The van der Waals surface area contributed by atoms with Crippen LogP contribution in [0.25, 0.3) is 22.3 Å². The first kappa shape index (κ1) is 41.8. The molecule has 1 unspecified atom stereocenters. The number of esters is 1. The minimum Gasteiger partial charge on any atom is -0.488 e. The van der Waals surface area contributed by atoms with Crippen molar-refractivity contribution < 1.29 is 47.3 Å². The molecule has 316 valence electrons. The Labute approximate surface area is 347 Å². The van der Waals surface area contributed by atoms with Crippen molar-refractivity contribution in [2.45, 2.75) is 103 Å². The molecule has 3 amide bonds. The minimum atomic E-state index is -1.33. The zero-order valence-electron chi connectivity index (χ0n) is 34.0. The van der Waals surface area contributed by atoms with Gasteiger partial charge in [0.15, 0.2) is 6.29 Å². The van der Waals surface area contributed by atoms with Crippen LogP contribution in [0.4, 0.5) is 10.8 Å². The van der Waals surface area contributed by atoms with E-state index in [2.05, 4.69) is 27.5 Å². The third-order valence-electron chi connectivity index (χ3n) is 11.5. The molecular weight excluding hydrogens is 784 g/mol. The van der Waals surface area contributed by atoms with Crippen molar-refractivity contribution in [3.05, 3.63) is 42.1 Å². The topological polar surface area (TPSA) is 201 Å². The van der Waals surface area contributed by atoms with Gasteiger partial charge in [-0.25, -0.2) is 14.6 Å². The van der Waals surface area contributed by atoms with Crippen LogP contribution in [0.2, 0.25) is 5.02 Å². The number of hydrogen-bond donors (Lipinski definition) is 3. The average Bonchev–Trinajstić information content (AvgIpc) is 3.85. The summed E-state index contributed by atoms with van der Waals surface area (Å²) in [6, 6.07) is 3.04. The molecule has 59 heavy (non-hydrogen) atoms. The van der Waals surface area contributed by atoms with Crippen LogP contribution in [-0.4, -0.2) is 101 Å². The van der Waals surface area contributed by atoms with Crippen molar-refractivity contribution in [2.75, 3.05) is 25.6 Å². The van der Waals surface area contributed by atoms with Crippen LogP contribution < -0.4 is 25.4 Å². The quantitative estimate of drug-likeness (QED) is 0.0991. The van der Waals surface area contributed by atoms with E-state index in [4.69, 9.17) is 39.9 Å². The fourth-order valence-electron chi connectivity index (χ4n) is 8.29. The van der Waals surface area contributed by atoms with Gasteiger partial charge >= 0.3 is 12.1 Å². The Bertz CT molecular complexity index is 2140. The highest BCUT2D eigenvalue weighted by Gasteiger charge is 2.62. The number of fused-ring (bicyclic) bond motifs is 2. The van der Waals surface area contributed by atoms with Gasteiger partial charge in [-0.1, -0.05) is 38.4 Å². The molecule has 8 atom stereocenters. The summed E-state index contributed by atoms with van der Waals surface area (Å²) in [5, 5.41) is 9.40. The zero-order valence-corrected chi connectivity index (χ0v) is 34.8. The molecule has 4 aliphatic rings. The normalized spacial score (nSPS) is 26.1. The molecule has 3 N–H and O–H groups in total. The maximum absolute atomic E-state index is 14.7. The van der Waals surface area contributed by atoms with Crippen LogP contribution in [0.15, 0.2) is 41.5 Å². The lowest BCUT2D eigenvalue weighted by atomic mass is 9.85. The summed E-state index contributed by atoms with van der Waals surface area (Å²) in [7, 11) is 1.24. The highest BCUT2D eigenvalue weighted by atomic mass is 35.5. The Kier molecular flexibility index (Phi) is 11.6. The number of hydrogen-bond acceptors (Lipinski definition) is 13. The number of alkyl carbamates (subject to hydrolysis) is 1. The van der Waals surface area contributed by atoms with Gasteiger partial charge in [-0.2, -0.15) is 4.98 Å². The van der Waals surface area contributed by atoms with Crippen LogP contribution in [0.3, 0.4) is 0 Å². The van der Waals surface area contributed by atoms with Gasteiger partial charge in [0.05, 0.1) is 24.9 Å². The van der Waals surface area contributed by atoms with Gasteiger partial charge in [0.25, 0.3) is 6.01 Å². The van der Waals surface area contributed by atoms with Gasteiger partial charge in [0.2, 0.25) is 11.8 Å². The number of amides is 3. The summed E-state index contributed by atoms with van der Waals surface area (Å²) in [4.78, 5) is 77.2. The molecule has 17 heteroatoms. The number of methoxy groups -OCH3 is 1. The van der Waals surface area contributed by atoms with Gasteiger partial charge in [0, 0.05) is 29.8 Å². The van der Waals surface area contributed by atoms with Gasteiger partial charge in [-0.15, -0.1) is 6.58 Å². The Morgan fingerprint density at radius 1 is 1.07 bits per heavy atom. The van der Waals surface area contributed by atoms with Crippen molar-refractivity contribution in [1.29, 1.82) is 0 Å². The van der Waals surface area contributed by atoms with E-state index >= 15 is 0 Å². The van der Waals surface area contributed by atoms with E-state index in [1.807, 2.05) is 34.6 Å². The monoisotopic (exact) mass is 834 g/mol. The fraction of sp³-hybridized carbons (Fsp3) is 0.548. The average molecular weight is 835 g/mol. The molecule has 1 aromatic carbocycles. The predicted molar refractivity (Wildman–Crippen MR) is 216 cm³/mol. The number of rotatable bonds is 15. The number of anilines is 1. The lowest BCUT2D eigenvalue weighted by molar-refractivity contribution is -0.148. The van der Waals surface area contributed by atoms with Crippen LogP contribution in [0, 0.1) is 23.2 Å². The first-order valence-corrected chi connectivity index (χ1v) is 20.3. The van der Waals surface area contributed by atoms with Crippen LogP contribution in [0.1, 0.15) is 66.7 Å². The van der Waals surface area contributed by atoms with Gasteiger partial charge in [-0.05, 0) is 68.9 Å². The molecule has 3 heterocycles. The second kappa shape index (κ2) is 16.3. The van der Waals surface area contributed by atoms with E-state index in [0.717, 1.165) is 19.3 Å². The van der Waals surface area contributed by atoms with Gasteiger partial charge < -0.3 is 44.2 Å². The molecule has 1 saturated heterocycles. The minimum absolute atomic E-state index is 0.0135. The van der Waals surface area contributed by atoms with Crippen LogP contribution in [-0.2, 0) is 28.7 Å². The van der Waals surface area contributed by atoms with Crippen molar-refractivity contribution in [3.63, 3.8) is 0 Å². The Balaban J connectivity index is 1.22. The number of benzene rings is 1. The molecule has 0 spiro atoms. The van der Waals surface area contributed by atoms with Crippen LogP contribution in [0.5, 0.6) is 11.5 Å². The number of halogens is 1. The van der Waals surface area contributed by atoms with Crippen molar-refractivity contribution in [1.82, 2.24) is 25.5 Å². The molecule has 3 aliphatic carbocycles. The Morgan fingerprint density at radius 2 is 1.81 bits per heavy atom. The van der Waals surface area contributed by atoms with E-state index in [9.17, 15) is 24.0 Å². The highest BCUT2D eigenvalue weighted by Crippen LogP contribution is 2.52. The molecule has 0 bridgehead atoms. The summed E-state index contributed by atoms with van der Waals surface area (Å²) in [6.45, 7) is 12.8. The molecule has 1 aliphatic heterocycles. The number of pyridine rings is 1. The SMILES string of the molecule is C=C[C@@H]1CC1(NC(=O)[C@@H]1C[C@@H](Oc2cc(-c3coc(NC(C)C)n3)nc3c(Cl)c(OCC=O)ccc23)CN1C(=O)[C@@H](NC(=O)O[C@@H]1C[C@@H]2C[C@@H]2C1)C(C)(C)C)C(=O)OC. The second-order valence-corrected chi connectivity index (χ2v) is 17.7. The maximum atomic E-state index is 14.7. The molecular formula is C42H51ClN6O10. The molecule has 2 aromatic heterocycles.